The second kappa shape index (κ2) is 8.37. The lowest BCUT2D eigenvalue weighted by Gasteiger charge is -2.11. The van der Waals surface area contributed by atoms with Crippen molar-refractivity contribution in [3.63, 3.8) is 0 Å². The van der Waals surface area contributed by atoms with Crippen LogP contribution in [0.25, 0.3) is 0 Å². The van der Waals surface area contributed by atoms with Gasteiger partial charge in [0.1, 0.15) is 11.9 Å². The minimum absolute atomic E-state index is 0.248. The van der Waals surface area contributed by atoms with Gasteiger partial charge in [0.2, 0.25) is 0 Å². The van der Waals surface area contributed by atoms with Gasteiger partial charge in [-0.3, -0.25) is 9.59 Å². The molecule has 0 heterocycles. The number of rotatable bonds is 5. The van der Waals surface area contributed by atoms with Gasteiger partial charge in [0.15, 0.2) is 0 Å². The maximum absolute atomic E-state index is 13.6. The van der Waals surface area contributed by atoms with Crippen molar-refractivity contribution in [1.29, 1.82) is 5.26 Å². The zero-order valence-electron chi connectivity index (χ0n) is 14.5. The molecule has 28 heavy (non-hydrogen) atoms. The normalized spacial score (nSPS) is 10.1. The highest BCUT2D eigenvalue weighted by Gasteiger charge is 2.15. The van der Waals surface area contributed by atoms with Crippen LogP contribution in [0.2, 0.25) is 0 Å². The summed E-state index contributed by atoms with van der Waals surface area (Å²) in [6.07, 6.45) is 0. The Bertz CT molecular complexity index is 1110. The first kappa shape index (κ1) is 19.1. The topological polar surface area (TPSA) is 96.0 Å². The molecular weight excluding hydrogens is 377 g/mol. The Labute approximate surface area is 165 Å². The molecule has 5 nitrogen and oxygen atoms in total. The number of benzene rings is 3. The van der Waals surface area contributed by atoms with Gasteiger partial charge in [-0.15, -0.1) is 0 Å². The van der Waals surface area contributed by atoms with E-state index in [2.05, 4.69) is 11.4 Å². The lowest BCUT2D eigenvalue weighted by molar-refractivity contribution is 0.0992. The van der Waals surface area contributed by atoms with Crippen molar-refractivity contribution < 1.29 is 14.0 Å². The molecule has 3 rings (SSSR count). The molecule has 0 atom stereocenters. The predicted molar refractivity (Wildman–Crippen MR) is 105 cm³/mol. The van der Waals surface area contributed by atoms with E-state index in [1.807, 2.05) is 6.07 Å². The van der Waals surface area contributed by atoms with Crippen molar-refractivity contribution in [2.24, 2.45) is 5.73 Å². The number of nitriles is 1. The summed E-state index contributed by atoms with van der Waals surface area (Å²) in [4.78, 5) is 25.4. The third-order valence-electron chi connectivity index (χ3n) is 3.85. The van der Waals surface area contributed by atoms with Crippen LogP contribution in [0.5, 0.6) is 0 Å². The molecule has 3 aromatic rings. The highest BCUT2D eigenvalue weighted by molar-refractivity contribution is 7.99. The van der Waals surface area contributed by atoms with Gasteiger partial charge in [0.25, 0.3) is 11.8 Å². The van der Waals surface area contributed by atoms with Gasteiger partial charge in [-0.2, -0.15) is 5.26 Å². The Morgan fingerprint density at radius 3 is 2.36 bits per heavy atom. The second-order valence-corrected chi connectivity index (χ2v) is 6.80. The first-order valence-corrected chi connectivity index (χ1v) is 8.98. The average molecular weight is 391 g/mol. The molecule has 0 aliphatic carbocycles. The van der Waals surface area contributed by atoms with Gasteiger partial charge in [-0.1, -0.05) is 36.0 Å². The van der Waals surface area contributed by atoms with E-state index in [1.54, 1.807) is 42.5 Å². The first-order valence-electron chi connectivity index (χ1n) is 8.16. The van der Waals surface area contributed by atoms with Crippen LogP contribution in [-0.4, -0.2) is 11.8 Å². The molecule has 0 unspecified atom stereocenters. The minimum Gasteiger partial charge on any atom is -0.366 e. The number of hydrogen-bond donors (Lipinski definition) is 2. The maximum atomic E-state index is 13.6. The molecule has 0 spiro atoms. The molecule has 0 bridgehead atoms. The third kappa shape index (κ3) is 4.19. The summed E-state index contributed by atoms with van der Waals surface area (Å²) in [7, 11) is 0. The van der Waals surface area contributed by atoms with Crippen molar-refractivity contribution in [3.8, 4) is 6.07 Å². The molecular formula is C21H14FN3O2S. The van der Waals surface area contributed by atoms with E-state index in [9.17, 15) is 19.2 Å². The van der Waals surface area contributed by atoms with Gasteiger partial charge >= 0.3 is 0 Å². The summed E-state index contributed by atoms with van der Waals surface area (Å²) in [5.74, 6) is -2.10. The van der Waals surface area contributed by atoms with E-state index < -0.39 is 17.6 Å². The second-order valence-electron chi connectivity index (χ2n) is 5.72. The van der Waals surface area contributed by atoms with Crippen LogP contribution >= 0.6 is 11.8 Å². The number of carbonyl (C=O) groups is 2. The molecule has 0 aromatic heterocycles. The number of primary amides is 1. The Kier molecular flexibility index (Phi) is 5.72. The van der Waals surface area contributed by atoms with Crippen molar-refractivity contribution in [1.82, 2.24) is 0 Å². The van der Waals surface area contributed by atoms with Crippen molar-refractivity contribution in [3.05, 3.63) is 89.2 Å². The fraction of sp³-hybridized carbons (Fsp3) is 0. The van der Waals surface area contributed by atoms with E-state index in [0.717, 1.165) is 11.0 Å². The first-order chi connectivity index (χ1) is 13.5. The fourth-order valence-electron chi connectivity index (χ4n) is 2.50. The summed E-state index contributed by atoms with van der Waals surface area (Å²) in [6.45, 7) is 0. The SMILES string of the molecule is N#Cc1ccccc1Sc1ccccc1C(=O)Nc1ccc(F)c(C(N)=O)c1. The number of amides is 2. The van der Waals surface area contributed by atoms with E-state index in [1.165, 1.54) is 23.9 Å². The zero-order chi connectivity index (χ0) is 20.1. The van der Waals surface area contributed by atoms with Crippen LogP contribution in [0.4, 0.5) is 10.1 Å². The predicted octanol–water partition coefficient (Wildman–Crippen LogP) is 4.20. The van der Waals surface area contributed by atoms with Crippen molar-refractivity contribution in [2.45, 2.75) is 9.79 Å². The molecule has 0 saturated heterocycles. The van der Waals surface area contributed by atoms with Crippen LogP contribution in [0.15, 0.2) is 76.5 Å². The van der Waals surface area contributed by atoms with Crippen molar-refractivity contribution in [2.75, 3.05) is 5.32 Å². The minimum atomic E-state index is -0.919. The van der Waals surface area contributed by atoms with Crippen LogP contribution in [0.1, 0.15) is 26.3 Å². The highest BCUT2D eigenvalue weighted by atomic mass is 32.2. The highest BCUT2D eigenvalue weighted by Crippen LogP contribution is 2.33. The van der Waals surface area contributed by atoms with E-state index >= 15 is 0 Å². The molecule has 0 fully saturated rings. The summed E-state index contributed by atoms with van der Waals surface area (Å²) in [5, 5.41) is 11.9. The van der Waals surface area contributed by atoms with Crippen LogP contribution in [-0.2, 0) is 0 Å². The number of carbonyl (C=O) groups excluding carboxylic acids is 2. The van der Waals surface area contributed by atoms with Gasteiger partial charge in [-0.25, -0.2) is 4.39 Å². The summed E-state index contributed by atoms with van der Waals surface area (Å²) < 4.78 is 13.6. The molecule has 7 heteroatoms. The largest absolute Gasteiger partial charge is 0.366 e. The molecule has 3 aromatic carbocycles. The van der Waals surface area contributed by atoms with Gasteiger partial charge in [-0.05, 0) is 42.5 Å². The van der Waals surface area contributed by atoms with Crippen molar-refractivity contribution >= 4 is 29.3 Å². The molecule has 0 radical (unpaired) electrons. The van der Waals surface area contributed by atoms with Gasteiger partial charge in [0, 0.05) is 15.5 Å². The number of nitrogens with zero attached hydrogens (tertiary/aromatic N) is 1. The number of hydrogen-bond acceptors (Lipinski definition) is 4. The third-order valence-corrected chi connectivity index (χ3v) is 5.00. The monoisotopic (exact) mass is 391 g/mol. The standard InChI is InChI=1S/C21H14FN3O2S/c22-17-10-9-14(11-16(17)20(24)26)25-21(27)15-6-2-4-8-19(15)28-18-7-3-1-5-13(18)12-23/h1-11H,(H2,24,26)(H,25,27). The Morgan fingerprint density at radius 1 is 0.964 bits per heavy atom. The number of nitrogens with two attached hydrogens (primary N) is 1. The maximum Gasteiger partial charge on any atom is 0.256 e. The summed E-state index contributed by atoms with van der Waals surface area (Å²) in [5.41, 5.74) is 5.97. The Balaban J connectivity index is 1.89. The van der Waals surface area contributed by atoms with Gasteiger partial charge in [0.05, 0.1) is 16.7 Å². The lowest BCUT2D eigenvalue weighted by Crippen LogP contribution is -2.16. The number of nitrogens with one attached hydrogen (secondary N) is 1. The van der Waals surface area contributed by atoms with E-state index in [0.29, 0.717) is 16.0 Å². The van der Waals surface area contributed by atoms with Crippen LogP contribution in [0.3, 0.4) is 0 Å². The lowest BCUT2D eigenvalue weighted by atomic mass is 10.1. The van der Waals surface area contributed by atoms with E-state index in [4.69, 9.17) is 5.73 Å². The molecule has 138 valence electrons. The van der Waals surface area contributed by atoms with Gasteiger partial charge < -0.3 is 11.1 Å². The number of halogens is 1. The molecule has 0 saturated carbocycles. The summed E-state index contributed by atoms with van der Waals surface area (Å²) >= 11 is 1.30. The van der Waals surface area contributed by atoms with Crippen LogP contribution in [0, 0.1) is 17.1 Å². The Hall–Kier alpha value is -3.63. The van der Waals surface area contributed by atoms with Crippen LogP contribution < -0.4 is 11.1 Å². The zero-order valence-corrected chi connectivity index (χ0v) is 15.3. The quantitative estimate of drug-likeness (QED) is 0.681. The Morgan fingerprint density at radius 2 is 1.64 bits per heavy atom. The summed E-state index contributed by atoms with van der Waals surface area (Å²) in [6, 6.07) is 19.7. The number of anilines is 1. The smallest absolute Gasteiger partial charge is 0.256 e. The molecule has 0 aliphatic rings. The average Bonchev–Trinajstić information content (AvgIpc) is 2.70. The molecule has 2 amide bonds. The fourth-order valence-corrected chi connectivity index (χ4v) is 3.52. The molecule has 0 aliphatic heterocycles. The molecule has 3 N–H and O–H groups in total. The van der Waals surface area contributed by atoms with E-state index in [-0.39, 0.29) is 11.3 Å².